The first-order chi connectivity index (χ1) is 10.7. The predicted molar refractivity (Wildman–Crippen MR) is 83.3 cm³/mol. The highest BCUT2D eigenvalue weighted by Gasteiger charge is 2.29. The Morgan fingerprint density at radius 2 is 1.82 bits per heavy atom. The Morgan fingerprint density at radius 1 is 1.14 bits per heavy atom. The minimum atomic E-state index is -0.590. The lowest BCUT2D eigenvalue weighted by atomic mass is 10.0. The molecule has 5 nitrogen and oxygen atoms in total. The number of hydrogen-bond donors (Lipinski definition) is 0. The Hall–Kier alpha value is -1.43. The number of ether oxygens (including phenoxy) is 4. The molecule has 0 heterocycles. The van der Waals surface area contributed by atoms with Crippen molar-refractivity contribution in [3.63, 3.8) is 0 Å². The van der Waals surface area contributed by atoms with Gasteiger partial charge in [-0.3, -0.25) is 4.79 Å². The van der Waals surface area contributed by atoms with Gasteiger partial charge in [0.15, 0.2) is 6.29 Å². The molecule has 1 unspecified atom stereocenters. The van der Waals surface area contributed by atoms with E-state index in [0.29, 0.717) is 26.2 Å². The van der Waals surface area contributed by atoms with Crippen LogP contribution in [0.15, 0.2) is 30.3 Å². The van der Waals surface area contributed by atoms with Gasteiger partial charge in [0.2, 0.25) is 0 Å². The maximum Gasteiger partial charge on any atom is 0.314 e. The number of rotatable bonds is 11. The van der Waals surface area contributed by atoms with E-state index in [-0.39, 0.29) is 5.97 Å². The first-order valence-electron chi connectivity index (χ1n) is 7.56. The zero-order valence-corrected chi connectivity index (χ0v) is 13.6. The topological polar surface area (TPSA) is 54.0 Å². The van der Waals surface area contributed by atoms with E-state index >= 15 is 0 Å². The van der Waals surface area contributed by atoms with Crippen molar-refractivity contribution in [1.82, 2.24) is 0 Å². The fourth-order valence-electron chi connectivity index (χ4n) is 2.21. The maximum atomic E-state index is 12.0. The van der Waals surface area contributed by atoms with E-state index in [0.717, 1.165) is 12.0 Å². The molecule has 0 radical (unpaired) electrons. The summed E-state index contributed by atoms with van der Waals surface area (Å²) < 4.78 is 21.1. The standard InChI is InChI=1S/C17H26O5/c1-4-22-16(18)15(17(19-2)20-3)11-8-12-21-13-14-9-6-5-7-10-14/h5-7,9-10,15,17H,4,8,11-13H2,1-3H3. The summed E-state index contributed by atoms with van der Waals surface area (Å²) in [6.07, 6.45) is 0.743. The largest absolute Gasteiger partial charge is 0.466 e. The second-order valence-electron chi connectivity index (χ2n) is 4.88. The number of esters is 1. The third-order valence-electron chi connectivity index (χ3n) is 3.30. The molecule has 0 spiro atoms. The van der Waals surface area contributed by atoms with Gasteiger partial charge in [-0.2, -0.15) is 0 Å². The van der Waals surface area contributed by atoms with Gasteiger partial charge in [-0.15, -0.1) is 0 Å². The lowest BCUT2D eigenvalue weighted by Crippen LogP contribution is -2.33. The van der Waals surface area contributed by atoms with Crippen molar-refractivity contribution in [3.05, 3.63) is 35.9 Å². The Balaban J connectivity index is 2.34. The number of carbonyl (C=O) groups excluding carboxylic acids is 1. The Bertz CT molecular complexity index is 403. The van der Waals surface area contributed by atoms with Crippen molar-refractivity contribution in [3.8, 4) is 0 Å². The zero-order chi connectivity index (χ0) is 16.2. The molecule has 0 amide bonds. The number of hydrogen-bond acceptors (Lipinski definition) is 5. The van der Waals surface area contributed by atoms with Crippen LogP contribution in [-0.2, 0) is 30.3 Å². The molecule has 5 heteroatoms. The van der Waals surface area contributed by atoms with E-state index in [1.54, 1.807) is 6.92 Å². The molecular weight excluding hydrogens is 284 g/mol. The lowest BCUT2D eigenvalue weighted by molar-refractivity contribution is -0.177. The van der Waals surface area contributed by atoms with E-state index in [2.05, 4.69) is 0 Å². The summed E-state index contributed by atoms with van der Waals surface area (Å²) in [5.41, 5.74) is 1.14. The van der Waals surface area contributed by atoms with Gasteiger partial charge in [-0.25, -0.2) is 0 Å². The smallest absolute Gasteiger partial charge is 0.314 e. The first-order valence-corrected chi connectivity index (χ1v) is 7.56. The summed E-state index contributed by atoms with van der Waals surface area (Å²) in [7, 11) is 3.04. The molecule has 1 rings (SSSR count). The number of benzene rings is 1. The van der Waals surface area contributed by atoms with Crippen molar-refractivity contribution in [2.24, 2.45) is 5.92 Å². The highest BCUT2D eigenvalue weighted by Crippen LogP contribution is 2.17. The highest BCUT2D eigenvalue weighted by atomic mass is 16.7. The van der Waals surface area contributed by atoms with Gasteiger partial charge in [-0.05, 0) is 25.3 Å². The molecule has 0 saturated carbocycles. The van der Waals surface area contributed by atoms with Gasteiger partial charge in [0.1, 0.15) is 5.92 Å². The zero-order valence-electron chi connectivity index (χ0n) is 13.6. The van der Waals surface area contributed by atoms with Crippen LogP contribution in [0, 0.1) is 5.92 Å². The summed E-state index contributed by atoms with van der Waals surface area (Å²) in [5, 5.41) is 0. The highest BCUT2D eigenvalue weighted by molar-refractivity contribution is 5.72. The molecule has 0 saturated heterocycles. The number of methoxy groups -OCH3 is 2. The second kappa shape index (κ2) is 11.2. The summed E-state index contributed by atoms with van der Waals surface area (Å²) in [6, 6.07) is 9.98. The van der Waals surface area contributed by atoms with Crippen LogP contribution in [0.2, 0.25) is 0 Å². The number of carbonyl (C=O) groups is 1. The van der Waals surface area contributed by atoms with Gasteiger partial charge < -0.3 is 18.9 Å². The fraction of sp³-hybridized carbons (Fsp3) is 0.588. The molecule has 0 fully saturated rings. The summed E-state index contributed by atoms with van der Waals surface area (Å²) >= 11 is 0. The van der Waals surface area contributed by atoms with Gasteiger partial charge in [0.25, 0.3) is 0 Å². The molecule has 0 aliphatic rings. The van der Waals surface area contributed by atoms with Gasteiger partial charge >= 0.3 is 5.97 Å². The summed E-state index contributed by atoms with van der Waals surface area (Å²) in [5.74, 6) is -0.727. The van der Waals surface area contributed by atoms with E-state index in [1.807, 2.05) is 30.3 Å². The van der Waals surface area contributed by atoms with Crippen molar-refractivity contribution in [2.75, 3.05) is 27.4 Å². The van der Waals surface area contributed by atoms with Crippen molar-refractivity contribution in [2.45, 2.75) is 32.7 Å². The van der Waals surface area contributed by atoms with Crippen molar-refractivity contribution >= 4 is 5.97 Å². The minimum absolute atomic E-state index is 0.292. The predicted octanol–water partition coefficient (Wildman–Crippen LogP) is 2.78. The quantitative estimate of drug-likeness (QED) is 0.357. The third-order valence-corrected chi connectivity index (χ3v) is 3.30. The molecular formula is C17H26O5. The molecule has 0 N–H and O–H groups in total. The fourth-order valence-corrected chi connectivity index (χ4v) is 2.21. The molecule has 22 heavy (non-hydrogen) atoms. The van der Waals surface area contributed by atoms with E-state index in [9.17, 15) is 4.79 Å². The van der Waals surface area contributed by atoms with Gasteiger partial charge in [0, 0.05) is 20.8 Å². The van der Waals surface area contributed by atoms with E-state index in [4.69, 9.17) is 18.9 Å². The third kappa shape index (κ3) is 6.56. The van der Waals surface area contributed by atoms with E-state index in [1.165, 1.54) is 14.2 Å². The average Bonchev–Trinajstić information content (AvgIpc) is 2.55. The Morgan fingerprint density at radius 3 is 2.41 bits per heavy atom. The molecule has 0 aliphatic heterocycles. The first kappa shape index (κ1) is 18.6. The molecule has 1 atom stereocenters. The molecule has 0 bridgehead atoms. The van der Waals surface area contributed by atoms with Crippen LogP contribution in [0.4, 0.5) is 0 Å². The van der Waals surface area contributed by atoms with Crippen LogP contribution in [0.3, 0.4) is 0 Å². The lowest BCUT2D eigenvalue weighted by Gasteiger charge is -2.23. The SMILES string of the molecule is CCOC(=O)C(CCCOCc1ccccc1)C(OC)OC. The summed E-state index contributed by atoms with van der Waals surface area (Å²) in [6.45, 7) is 3.28. The van der Waals surface area contributed by atoms with Crippen molar-refractivity contribution in [1.29, 1.82) is 0 Å². The molecule has 1 aromatic rings. The van der Waals surface area contributed by atoms with Crippen LogP contribution >= 0.6 is 0 Å². The maximum absolute atomic E-state index is 12.0. The molecule has 0 aromatic heterocycles. The Labute approximate surface area is 132 Å². The van der Waals surface area contributed by atoms with Crippen LogP contribution in [0.25, 0.3) is 0 Å². The van der Waals surface area contributed by atoms with Crippen LogP contribution < -0.4 is 0 Å². The normalized spacial score (nSPS) is 12.4. The van der Waals surface area contributed by atoms with Crippen molar-refractivity contribution < 1.29 is 23.7 Å². The second-order valence-corrected chi connectivity index (χ2v) is 4.88. The molecule has 0 aliphatic carbocycles. The monoisotopic (exact) mass is 310 g/mol. The Kier molecular flexibility index (Phi) is 9.46. The van der Waals surface area contributed by atoms with Gasteiger partial charge in [-0.1, -0.05) is 30.3 Å². The summed E-state index contributed by atoms with van der Waals surface area (Å²) in [4.78, 5) is 12.0. The van der Waals surface area contributed by atoms with E-state index < -0.39 is 12.2 Å². The van der Waals surface area contributed by atoms with Crippen LogP contribution in [0.5, 0.6) is 0 Å². The average molecular weight is 310 g/mol. The van der Waals surface area contributed by atoms with Gasteiger partial charge in [0.05, 0.1) is 13.2 Å². The van der Waals surface area contributed by atoms with Crippen LogP contribution in [-0.4, -0.2) is 39.7 Å². The molecule has 1 aromatic carbocycles. The van der Waals surface area contributed by atoms with Crippen LogP contribution in [0.1, 0.15) is 25.3 Å². The molecule has 124 valence electrons. The minimum Gasteiger partial charge on any atom is -0.466 e.